The van der Waals surface area contributed by atoms with Crippen LogP contribution in [0.2, 0.25) is 0 Å². The average Bonchev–Trinajstić information content (AvgIpc) is 2.88. The van der Waals surface area contributed by atoms with E-state index in [9.17, 15) is 0 Å². The van der Waals surface area contributed by atoms with E-state index < -0.39 is 0 Å². The first kappa shape index (κ1) is 14.3. The van der Waals surface area contributed by atoms with E-state index in [1.807, 2.05) is 0 Å². The fourth-order valence-corrected chi connectivity index (χ4v) is 2.80. The van der Waals surface area contributed by atoms with Crippen LogP contribution < -0.4 is 10.2 Å². The second kappa shape index (κ2) is 6.38. The fourth-order valence-electron chi connectivity index (χ4n) is 2.80. The maximum atomic E-state index is 4.70. The van der Waals surface area contributed by atoms with E-state index in [1.165, 1.54) is 31.2 Å². The molecule has 1 N–H and O–H groups in total. The molecule has 1 aliphatic carbocycles. The van der Waals surface area contributed by atoms with Gasteiger partial charge >= 0.3 is 0 Å². The van der Waals surface area contributed by atoms with Crippen molar-refractivity contribution >= 4 is 5.82 Å². The van der Waals surface area contributed by atoms with Crippen molar-refractivity contribution in [1.29, 1.82) is 0 Å². The van der Waals surface area contributed by atoms with Crippen LogP contribution in [0.15, 0.2) is 12.1 Å². The van der Waals surface area contributed by atoms with Crippen LogP contribution in [0.5, 0.6) is 0 Å². The summed E-state index contributed by atoms with van der Waals surface area (Å²) in [6.07, 6.45) is 5.35. The average molecular weight is 261 g/mol. The first-order valence-electron chi connectivity index (χ1n) is 7.50. The van der Waals surface area contributed by atoms with Crippen LogP contribution in [0, 0.1) is 6.92 Å². The zero-order chi connectivity index (χ0) is 13.8. The zero-order valence-corrected chi connectivity index (χ0v) is 12.7. The lowest BCUT2D eigenvalue weighted by atomic mass is 10.1. The van der Waals surface area contributed by atoms with Gasteiger partial charge in [0.25, 0.3) is 0 Å². The van der Waals surface area contributed by atoms with Gasteiger partial charge in [-0.05, 0) is 37.5 Å². The van der Waals surface area contributed by atoms with Crippen LogP contribution in [0.3, 0.4) is 0 Å². The molecule has 0 aromatic carbocycles. The molecule has 1 saturated carbocycles. The Balaban J connectivity index is 2.11. The second-order valence-corrected chi connectivity index (χ2v) is 6.06. The molecule has 0 bridgehead atoms. The third kappa shape index (κ3) is 3.93. The fraction of sp³-hybridized carbons (Fsp3) is 0.688. The number of hydrogen-bond donors (Lipinski definition) is 1. The van der Waals surface area contributed by atoms with Crippen LogP contribution in [0.1, 0.15) is 50.8 Å². The van der Waals surface area contributed by atoms with E-state index >= 15 is 0 Å². The molecular weight excluding hydrogens is 234 g/mol. The third-order valence-electron chi connectivity index (χ3n) is 3.95. The molecule has 0 radical (unpaired) electrons. The van der Waals surface area contributed by atoms with Crippen LogP contribution in [-0.2, 0) is 6.54 Å². The Morgan fingerprint density at radius 2 is 2.00 bits per heavy atom. The lowest BCUT2D eigenvalue weighted by molar-refractivity contribution is 0.587. The van der Waals surface area contributed by atoms with Gasteiger partial charge in [-0.3, -0.25) is 0 Å². The molecule has 3 heteroatoms. The van der Waals surface area contributed by atoms with Crippen molar-refractivity contribution in [3.63, 3.8) is 0 Å². The maximum Gasteiger partial charge on any atom is 0.129 e. The van der Waals surface area contributed by atoms with Gasteiger partial charge in [0.05, 0.1) is 0 Å². The summed E-state index contributed by atoms with van der Waals surface area (Å²) in [5.74, 6) is 1.13. The highest BCUT2D eigenvalue weighted by Gasteiger charge is 2.20. The minimum Gasteiger partial charge on any atom is -0.357 e. The molecular formula is C16H27N3. The van der Waals surface area contributed by atoms with Gasteiger partial charge in [-0.1, -0.05) is 26.7 Å². The molecule has 106 valence electrons. The Labute approximate surface area is 117 Å². The highest BCUT2D eigenvalue weighted by atomic mass is 15.2. The Morgan fingerprint density at radius 1 is 1.32 bits per heavy atom. The standard InChI is InChI=1S/C16H27N3/c1-12(2)17-11-14-9-13(3)18-16(10-14)19(4)15-7-5-6-8-15/h9-10,12,15,17H,5-8,11H2,1-4H3. The van der Waals surface area contributed by atoms with Crippen LogP contribution >= 0.6 is 0 Å². The smallest absolute Gasteiger partial charge is 0.129 e. The largest absolute Gasteiger partial charge is 0.357 e. The summed E-state index contributed by atoms with van der Waals surface area (Å²) in [5, 5.41) is 3.48. The van der Waals surface area contributed by atoms with Gasteiger partial charge in [-0.2, -0.15) is 0 Å². The predicted molar refractivity (Wildman–Crippen MR) is 81.6 cm³/mol. The molecule has 19 heavy (non-hydrogen) atoms. The molecule has 2 rings (SSSR count). The Morgan fingerprint density at radius 3 is 2.63 bits per heavy atom. The summed E-state index contributed by atoms with van der Waals surface area (Å²) in [4.78, 5) is 7.08. The van der Waals surface area contributed by atoms with E-state index in [0.29, 0.717) is 12.1 Å². The van der Waals surface area contributed by atoms with Gasteiger partial charge in [0.1, 0.15) is 5.82 Å². The lowest BCUT2D eigenvalue weighted by Gasteiger charge is -2.26. The topological polar surface area (TPSA) is 28.2 Å². The molecule has 1 heterocycles. The van der Waals surface area contributed by atoms with E-state index in [2.05, 4.69) is 50.2 Å². The first-order valence-corrected chi connectivity index (χ1v) is 7.50. The summed E-state index contributed by atoms with van der Waals surface area (Å²) >= 11 is 0. The molecule has 1 fully saturated rings. The number of hydrogen-bond acceptors (Lipinski definition) is 3. The molecule has 0 saturated heterocycles. The van der Waals surface area contributed by atoms with Crippen molar-refractivity contribution in [2.75, 3.05) is 11.9 Å². The SMILES string of the molecule is Cc1cc(CNC(C)C)cc(N(C)C2CCCC2)n1. The monoisotopic (exact) mass is 261 g/mol. The van der Waals surface area contributed by atoms with E-state index in [1.54, 1.807) is 0 Å². The molecule has 1 aromatic rings. The number of nitrogens with one attached hydrogen (secondary N) is 1. The highest BCUT2D eigenvalue weighted by molar-refractivity contribution is 5.43. The van der Waals surface area contributed by atoms with Gasteiger partial charge < -0.3 is 10.2 Å². The number of pyridine rings is 1. The van der Waals surface area contributed by atoms with E-state index in [0.717, 1.165) is 18.1 Å². The number of anilines is 1. The Hall–Kier alpha value is -1.09. The quantitative estimate of drug-likeness (QED) is 0.881. The van der Waals surface area contributed by atoms with Gasteiger partial charge in [0.15, 0.2) is 0 Å². The highest BCUT2D eigenvalue weighted by Crippen LogP contribution is 2.26. The summed E-state index contributed by atoms with van der Waals surface area (Å²) in [6, 6.07) is 5.62. The lowest BCUT2D eigenvalue weighted by Crippen LogP contribution is -2.30. The molecule has 0 unspecified atom stereocenters. The number of nitrogens with zero attached hydrogens (tertiary/aromatic N) is 2. The molecule has 0 aliphatic heterocycles. The van der Waals surface area contributed by atoms with E-state index in [-0.39, 0.29) is 0 Å². The van der Waals surface area contributed by atoms with Crippen LogP contribution in [-0.4, -0.2) is 24.1 Å². The van der Waals surface area contributed by atoms with Gasteiger partial charge in [0.2, 0.25) is 0 Å². The van der Waals surface area contributed by atoms with Crippen molar-refractivity contribution in [3.8, 4) is 0 Å². The molecule has 0 amide bonds. The van der Waals surface area contributed by atoms with Crippen molar-refractivity contribution in [2.24, 2.45) is 0 Å². The van der Waals surface area contributed by atoms with Crippen molar-refractivity contribution in [1.82, 2.24) is 10.3 Å². The minimum absolute atomic E-state index is 0.518. The summed E-state index contributed by atoms with van der Waals surface area (Å²) < 4.78 is 0. The summed E-state index contributed by atoms with van der Waals surface area (Å²) in [5.41, 5.74) is 2.45. The number of aromatic nitrogens is 1. The molecule has 0 spiro atoms. The summed E-state index contributed by atoms with van der Waals surface area (Å²) in [7, 11) is 2.19. The Bertz CT molecular complexity index is 408. The van der Waals surface area contributed by atoms with Crippen molar-refractivity contribution in [3.05, 3.63) is 23.4 Å². The van der Waals surface area contributed by atoms with Gasteiger partial charge in [-0.25, -0.2) is 4.98 Å². The van der Waals surface area contributed by atoms with Crippen LogP contribution in [0.25, 0.3) is 0 Å². The normalized spacial score (nSPS) is 16.3. The predicted octanol–water partition coefficient (Wildman–Crippen LogP) is 3.27. The third-order valence-corrected chi connectivity index (χ3v) is 3.95. The first-order chi connectivity index (χ1) is 9.06. The van der Waals surface area contributed by atoms with E-state index in [4.69, 9.17) is 4.98 Å². The van der Waals surface area contributed by atoms with Gasteiger partial charge in [0, 0.05) is 31.4 Å². The number of rotatable bonds is 5. The molecule has 3 nitrogen and oxygen atoms in total. The molecule has 0 atom stereocenters. The minimum atomic E-state index is 0.518. The van der Waals surface area contributed by atoms with Crippen molar-refractivity contribution < 1.29 is 0 Å². The van der Waals surface area contributed by atoms with Crippen molar-refractivity contribution in [2.45, 2.75) is 65.1 Å². The molecule has 1 aromatic heterocycles. The second-order valence-electron chi connectivity index (χ2n) is 6.06. The molecule has 1 aliphatic rings. The van der Waals surface area contributed by atoms with Crippen LogP contribution in [0.4, 0.5) is 5.82 Å². The summed E-state index contributed by atoms with van der Waals surface area (Å²) in [6.45, 7) is 7.37. The Kier molecular flexibility index (Phi) is 4.81. The van der Waals surface area contributed by atoms with Gasteiger partial charge in [-0.15, -0.1) is 0 Å². The maximum absolute atomic E-state index is 4.70. The number of aryl methyl sites for hydroxylation is 1. The zero-order valence-electron chi connectivity index (χ0n) is 12.7.